The molecule has 0 unspecified atom stereocenters. The molecule has 0 spiro atoms. The minimum atomic E-state index is -0.187. The van der Waals surface area contributed by atoms with Gasteiger partial charge in [0.1, 0.15) is 6.26 Å². The van der Waals surface area contributed by atoms with Gasteiger partial charge in [0, 0.05) is 19.6 Å². The lowest BCUT2D eigenvalue weighted by Gasteiger charge is -2.27. The molecule has 25 heavy (non-hydrogen) atoms. The van der Waals surface area contributed by atoms with Crippen molar-refractivity contribution in [3.05, 3.63) is 53.7 Å². The Hall–Kier alpha value is -2.14. The molecule has 1 atom stereocenters. The molecule has 0 aliphatic heterocycles. The molecule has 1 saturated carbocycles. The van der Waals surface area contributed by atoms with E-state index in [4.69, 9.17) is 4.42 Å². The van der Waals surface area contributed by atoms with E-state index >= 15 is 0 Å². The smallest absolute Gasteiger partial charge is 0.276 e. The molecule has 5 nitrogen and oxygen atoms in total. The van der Waals surface area contributed by atoms with Gasteiger partial charge in [-0.3, -0.25) is 4.79 Å². The fraction of sp³-hybridized carbons (Fsp3) is 0.500. The molecule has 1 N–H and O–H groups in total. The Balaban J connectivity index is 1.75. The van der Waals surface area contributed by atoms with Gasteiger partial charge in [-0.1, -0.05) is 49.6 Å². The van der Waals surface area contributed by atoms with Gasteiger partial charge < -0.3 is 14.4 Å². The van der Waals surface area contributed by atoms with E-state index in [1.54, 1.807) is 11.9 Å². The molecule has 0 radical (unpaired) electrons. The van der Waals surface area contributed by atoms with E-state index in [2.05, 4.69) is 4.98 Å². The summed E-state index contributed by atoms with van der Waals surface area (Å²) in [5, 5.41) is 9.40. The van der Waals surface area contributed by atoms with Crippen LogP contribution in [0.5, 0.6) is 0 Å². The van der Waals surface area contributed by atoms with Crippen LogP contribution in [0.3, 0.4) is 0 Å². The molecule has 1 aromatic carbocycles. The minimum Gasteiger partial charge on any atom is -0.448 e. The van der Waals surface area contributed by atoms with Crippen LogP contribution < -0.4 is 0 Å². The fourth-order valence-corrected chi connectivity index (χ4v) is 3.63. The number of hydrogen-bond donors (Lipinski definition) is 1. The van der Waals surface area contributed by atoms with Gasteiger partial charge in [-0.05, 0) is 24.8 Å². The van der Waals surface area contributed by atoms with E-state index in [1.807, 2.05) is 30.3 Å². The van der Waals surface area contributed by atoms with Gasteiger partial charge in [0.25, 0.3) is 5.91 Å². The molecule has 0 saturated heterocycles. The summed E-state index contributed by atoms with van der Waals surface area (Å²) in [5.74, 6) is 0.853. The lowest BCUT2D eigenvalue weighted by atomic mass is 9.89. The zero-order valence-electron chi connectivity index (χ0n) is 14.7. The maximum Gasteiger partial charge on any atom is 0.276 e. The van der Waals surface area contributed by atoms with Crippen LogP contribution in [-0.2, 0) is 0 Å². The van der Waals surface area contributed by atoms with Gasteiger partial charge in [-0.2, -0.15) is 0 Å². The van der Waals surface area contributed by atoms with Crippen LogP contribution in [0.4, 0.5) is 0 Å². The highest BCUT2D eigenvalue weighted by atomic mass is 16.3. The van der Waals surface area contributed by atoms with E-state index in [0.717, 1.165) is 18.4 Å². The third-order valence-electron chi connectivity index (χ3n) is 5.07. The van der Waals surface area contributed by atoms with Crippen molar-refractivity contribution < 1.29 is 14.3 Å². The number of nitrogens with zero attached hydrogens (tertiary/aromatic N) is 2. The van der Waals surface area contributed by atoms with Crippen LogP contribution in [0.25, 0.3) is 0 Å². The van der Waals surface area contributed by atoms with Crippen molar-refractivity contribution in [2.75, 3.05) is 13.7 Å². The monoisotopic (exact) mass is 342 g/mol. The second kappa shape index (κ2) is 8.30. The Kier molecular flexibility index (Phi) is 5.87. The number of hydrogen-bond acceptors (Lipinski definition) is 4. The Labute approximate surface area is 148 Å². The summed E-state index contributed by atoms with van der Waals surface area (Å²) in [6.07, 6.45) is 7.79. The molecule has 1 aliphatic carbocycles. The van der Waals surface area contributed by atoms with Crippen molar-refractivity contribution in [2.24, 2.45) is 0 Å². The van der Waals surface area contributed by atoms with Gasteiger partial charge in [0.15, 0.2) is 11.6 Å². The lowest BCUT2D eigenvalue weighted by Crippen LogP contribution is -2.32. The van der Waals surface area contributed by atoms with Crippen molar-refractivity contribution >= 4 is 5.91 Å². The van der Waals surface area contributed by atoms with Crippen molar-refractivity contribution in [1.82, 2.24) is 9.88 Å². The van der Waals surface area contributed by atoms with Crippen LogP contribution in [0.1, 0.15) is 72.4 Å². The molecule has 134 valence electrons. The van der Waals surface area contributed by atoms with Crippen LogP contribution in [0, 0.1) is 0 Å². The molecule has 2 aromatic rings. The maximum absolute atomic E-state index is 12.9. The van der Waals surface area contributed by atoms with Crippen molar-refractivity contribution in [3.8, 4) is 0 Å². The average Bonchev–Trinajstić information content (AvgIpc) is 3.16. The molecule has 1 aliphatic rings. The Bertz CT molecular complexity index is 677. The highest BCUT2D eigenvalue weighted by molar-refractivity contribution is 5.92. The molecule has 5 heteroatoms. The maximum atomic E-state index is 12.9. The van der Waals surface area contributed by atoms with Crippen molar-refractivity contribution in [2.45, 2.75) is 50.5 Å². The first-order valence-corrected chi connectivity index (χ1v) is 9.09. The van der Waals surface area contributed by atoms with Crippen LogP contribution in [0.2, 0.25) is 0 Å². The average molecular weight is 342 g/mol. The van der Waals surface area contributed by atoms with Crippen LogP contribution in [0.15, 0.2) is 41.0 Å². The second-order valence-electron chi connectivity index (χ2n) is 6.76. The van der Waals surface area contributed by atoms with Crippen LogP contribution >= 0.6 is 0 Å². The summed E-state index contributed by atoms with van der Waals surface area (Å²) in [7, 11) is 1.75. The second-order valence-corrected chi connectivity index (χ2v) is 6.76. The Morgan fingerprint density at radius 2 is 2.00 bits per heavy atom. The SMILES string of the molecule is CN(C(=O)c1coc(C2CCCCC2)n1)[C@H](CCO)c1ccccc1. The Morgan fingerprint density at radius 3 is 2.68 bits per heavy atom. The summed E-state index contributed by atoms with van der Waals surface area (Å²) < 4.78 is 5.61. The van der Waals surface area contributed by atoms with E-state index < -0.39 is 0 Å². The molecule has 3 rings (SSSR count). The first kappa shape index (κ1) is 17.7. The molecular weight excluding hydrogens is 316 g/mol. The van der Waals surface area contributed by atoms with Crippen LogP contribution in [-0.4, -0.2) is 34.6 Å². The minimum absolute atomic E-state index is 0.0172. The predicted octanol–water partition coefficient (Wildman–Crippen LogP) is 3.92. The molecule has 1 heterocycles. The summed E-state index contributed by atoms with van der Waals surface area (Å²) >= 11 is 0. The number of rotatable bonds is 6. The highest BCUT2D eigenvalue weighted by Crippen LogP contribution is 2.32. The Morgan fingerprint density at radius 1 is 1.28 bits per heavy atom. The molecule has 1 fully saturated rings. The molecule has 0 bridgehead atoms. The topological polar surface area (TPSA) is 66.6 Å². The normalized spacial score (nSPS) is 16.6. The van der Waals surface area contributed by atoms with Gasteiger partial charge in [0.2, 0.25) is 0 Å². The van der Waals surface area contributed by atoms with E-state index in [0.29, 0.717) is 23.9 Å². The number of carbonyl (C=O) groups is 1. The zero-order chi connectivity index (χ0) is 17.6. The number of oxazole rings is 1. The summed E-state index contributed by atoms with van der Waals surface area (Å²) in [4.78, 5) is 19.0. The fourth-order valence-electron chi connectivity index (χ4n) is 3.63. The van der Waals surface area contributed by atoms with E-state index in [-0.39, 0.29) is 18.6 Å². The lowest BCUT2D eigenvalue weighted by molar-refractivity contribution is 0.0699. The molecule has 1 amide bonds. The van der Waals surface area contributed by atoms with Gasteiger partial charge in [-0.15, -0.1) is 0 Å². The largest absolute Gasteiger partial charge is 0.448 e. The first-order valence-electron chi connectivity index (χ1n) is 9.09. The number of carbonyl (C=O) groups excluding carboxylic acids is 1. The number of amides is 1. The van der Waals surface area contributed by atoms with E-state index in [9.17, 15) is 9.90 Å². The third kappa shape index (κ3) is 4.10. The van der Waals surface area contributed by atoms with Gasteiger partial charge >= 0.3 is 0 Å². The quantitative estimate of drug-likeness (QED) is 0.864. The highest BCUT2D eigenvalue weighted by Gasteiger charge is 2.27. The zero-order valence-corrected chi connectivity index (χ0v) is 14.7. The number of aliphatic hydroxyl groups excluding tert-OH is 1. The predicted molar refractivity (Wildman–Crippen MR) is 95.3 cm³/mol. The number of aliphatic hydroxyl groups is 1. The number of aromatic nitrogens is 1. The van der Waals surface area contributed by atoms with Gasteiger partial charge in [-0.25, -0.2) is 4.98 Å². The molecular formula is C20H26N2O3. The summed E-state index contributed by atoms with van der Waals surface area (Å²) in [5.41, 5.74) is 1.35. The third-order valence-corrected chi connectivity index (χ3v) is 5.07. The van der Waals surface area contributed by atoms with Gasteiger partial charge in [0.05, 0.1) is 6.04 Å². The van der Waals surface area contributed by atoms with Crippen molar-refractivity contribution in [3.63, 3.8) is 0 Å². The first-order chi connectivity index (χ1) is 12.2. The summed E-state index contributed by atoms with van der Waals surface area (Å²) in [6.45, 7) is 0.0172. The molecule has 1 aromatic heterocycles. The standard InChI is InChI=1S/C20H26N2O3/c1-22(18(12-13-23)15-8-4-2-5-9-15)20(24)17-14-25-19(21-17)16-10-6-3-7-11-16/h2,4-5,8-9,14,16,18,23H,3,6-7,10-13H2,1H3/t18-/m1/s1. The van der Waals surface area contributed by atoms with E-state index in [1.165, 1.54) is 25.5 Å². The summed E-state index contributed by atoms with van der Waals surface area (Å²) in [6, 6.07) is 9.58. The number of benzene rings is 1. The van der Waals surface area contributed by atoms with Crippen molar-refractivity contribution in [1.29, 1.82) is 0 Å².